The summed E-state index contributed by atoms with van der Waals surface area (Å²) in [5.41, 5.74) is 7.57. The van der Waals surface area contributed by atoms with Crippen molar-refractivity contribution >= 4 is 5.96 Å². The van der Waals surface area contributed by atoms with E-state index in [4.69, 9.17) is 5.73 Å². The summed E-state index contributed by atoms with van der Waals surface area (Å²) in [6.07, 6.45) is 1.83. The molecule has 13 heavy (non-hydrogen) atoms. The van der Waals surface area contributed by atoms with Gasteiger partial charge >= 0.3 is 0 Å². The molecule has 3 N–H and O–H groups in total. The highest BCUT2D eigenvalue weighted by Crippen LogP contribution is 1.97. The van der Waals surface area contributed by atoms with Gasteiger partial charge in [-0.2, -0.15) is 0 Å². The van der Waals surface area contributed by atoms with Crippen molar-refractivity contribution < 1.29 is 0 Å². The minimum atomic E-state index is 0.433. The zero-order chi connectivity index (χ0) is 9.68. The molecule has 4 heteroatoms. The van der Waals surface area contributed by atoms with Crippen molar-refractivity contribution in [2.24, 2.45) is 10.7 Å². The molecule has 0 aliphatic heterocycles. The highest BCUT2D eigenvalue weighted by molar-refractivity contribution is 5.77. The summed E-state index contributed by atoms with van der Waals surface area (Å²) in [6.45, 7) is 2.62. The van der Waals surface area contributed by atoms with Crippen molar-refractivity contribution in [1.82, 2.24) is 10.3 Å². The van der Waals surface area contributed by atoms with Crippen molar-refractivity contribution in [3.05, 3.63) is 29.6 Å². The Morgan fingerprint density at radius 2 is 2.38 bits per heavy atom. The van der Waals surface area contributed by atoms with Crippen molar-refractivity contribution in [2.75, 3.05) is 7.05 Å². The molecule has 0 saturated carbocycles. The van der Waals surface area contributed by atoms with E-state index < -0.39 is 0 Å². The first-order valence-electron chi connectivity index (χ1n) is 4.10. The zero-order valence-electron chi connectivity index (χ0n) is 7.91. The second-order valence-corrected chi connectivity index (χ2v) is 2.79. The van der Waals surface area contributed by atoms with Gasteiger partial charge in [-0.25, -0.2) is 0 Å². The van der Waals surface area contributed by atoms with Crippen LogP contribution in [0.15, 0.2) is 23.3 Å². The molecule has 0 atom stereocenters. The van der Waals surface area contributed by atoms with E-state index in [1.54, 1.807) is 7.05 Å². The van der Waals surface area contributed by atoms with E-state index in [2.05, 4.69) is 15.3 Å². The summed E-state index contributed by atoms with van der Waals surface area (Å²) in [5.74, 6) is 0.433. The zero-order valence-corrected chi connectivity index (χ0v) is 7.91. The molecule has 0 bridgehead atoms. The summed E-state index contributed by atoms with van der Waals surface area (Å²) in [5, 5.41) is 2.93. The predicted octanol–water partition coefficient (Wildman–Crippen LogP) is 0.424. The lowest BCUT2D eigenvalue weighted by molar-refractivity contribution is 0.861. The van der Waals surface area contributed by atoms with E-state index >= 15 is 0 Å². The first-order chi connectivity index (χ1) is 6.22. The molecule has 0 fully saturated rings. The number of nitrogens with one attached hydrogen (secondary N) is 1. The maximum absolute atomic E-state index is 5.46. The molecule has 1 aromatic rings. The molecule has 0 aliphatic rings. The molecule has 0 radical (unpaired) electrons. The van der Waals surface area contributed by atoms with E-state index in [0.29, 0.717) is 12.5 Å². The van der Waals surface area contributed by atoms with Gasteiger partial charge in [-0.3, -0.25) is 9.98 Å². The molecule has 4 nitrogen and oxygen atoms in total. The smallest absolute Gasteiger partial charge is 0.188 e. The summed E-state index contributed by atoms with van der Waals surface area (Å²) >= 11 is 0. The van der Waals surface area contributed by atoms with Gasteiger partial charge in [0, 0.05) is 13.2 Å². The minimum Gasteiger partial charge on any atom is -0.370 e. The lowest BCUT2D eigenvalue weighted by atomic mass is 10.3. The molecule has 1 aromatic heterocycles. The number of aryl methyl sites for hydroxylation is 1. The highest BCUT2D eigenvalue weighted by atomic mass is 15.1. The van der Waals surface area contributed by atoms with Crippen LogP contribution < -0.4 is 11.1 Å². The molecule has 70 valence electrons. The van der Waals surface area contributed by atoms with Gasteiger partial charge in [0.2, 0.25) is 0 Å². The number of guanidine groups is 1. The number of hydrogen-bond donors (Lipinski definition) is 2. The molecule has 0 amide bonds. The largest absolute Gasteiger partial charge is 0.370 e. The van der Waals surface area contributed by atoms with Crippen LogP contribution in [-0.2, 0) is 6.54 Å². The average Bonchev–Trinajstić information content (AvgIpc) is 2.16. The SMILES string of the molecule is CN=C(N)NCc1ccc(C)cn1. The van der Waals surface area contributed by atoms with Crippen molar-refractivity contribution in [3.8, 4) is 0 Å². The summed E-state index contributed by atoms with van der Waals surface area (Å²) in [6, 6.07) is 3.98. The second-order valence-electron chi connectivity index (χ2n) is 2.79. The highest BCUT2D eigenvalue weighted by Gasteiger charge is 1.93. The number of rotatable bonds is 2. The van der Waals surface area contributed by atoms with E-state index in [9.17, 15) is 0 Å². The maximum Gasteiger partial charge on any atom is 0.188 e. The van der Waals surface area contributed by atoms with Crippen LogP contribution in [0.3, 0.4) is 0 Å². The summed E-state index contributed by atoms with van der Waals surface area (Å²) in [7, 11) is 1.64. The van der Waals surface area contributed by atoms with Gasteiger partial charge in [0.25, 0.3) is 0 Å². The predicted molar refractivity (Wildman–Crippen MR) is 53.4 cm³/mol. The molecule has 1 heterocycles. The van der Waals surface area contributed by atoms with Crippen LogP contribution in [0, 0.1) is 6.92 Å². The van der Waals surface area contributed by atoms with Crippen LogP contribution in [0.2, 0.25) is 0 Å². The third-order valence-corrected chi connectivity index (χ3v) is 1.66. The molecule has 0 saturated heterocycles. The van der Waals surface area contributed by atoms with Crippen molar-refractivity contribution in [2.45, 2.75) is 13.5 Å². The van der Waals surface area contributed by atoms with Gasteiger partial charge in [0.1, 0.15) is 0 Å². The lowest BCUT2D eigenvalue weighted by Crippen LogP contribution is -2.31. The average molecular weight is 178 g/mol. The van der Waals surface area contributed by atoms with Crippen LogP contribution in [-0.4, -0.2) is 18.0 Å². The van der Waals surface area contributed by atoms with Crippen molar-refractivity contribution in [3.63, 3.8) is 0 Å². The number of pyridine rings is 1. The normalized spacial score (nSPS) is 11.4. The van der Waals surface area contributed by atoms with E-state index in [1.807, 2.05) is 25.3 Å². The molecular formula is C9H14N4. The van der Waals surface area contributed by atoms with Crippen LogP contribution in [0.25, 0.3) is 0 Å². The fourth-order valence-corrected chi connectivity index (χ4v) is 0.863. The molecule has 1 rings (SSSR count). The Bertz CT molecular complexity index is 289. The fourth-order valence-electron chi connectivity index (χ4n) is 0.863. The first kappa shape index (κ1) is 9.51. The number of nitrogens with zero attached hydrogens (tertiary/aromatic N) is 2. The van der Waals surface area contributed by atoms with Crippen molar-refractivity contribution in [1.29, 1.82) is 0 Å². The molecule has 0 aliphatic carbocycles. The van der Waals surface area contributed by atoms with E-state index in [-0.39, 0.29) is 0 Å². The maximum atomic E-state index is 5.46. The molecular weight excluding hydrogens is 164 g/mol. The van der Waals surface area contributed by atoms with Crippen LogP contribution in [0.4, 0.5) is 0 Å². The lowest BCUT2D eigenvalue weighted by Gasteiger charge is -2.03. The Balaban J connectivity index is 2.51. The van der Waals surface area contributed by atoms with Crippen LogP contribution in [0.1, 0.15) is 11.3 Å². The minimum absolute atomic E-state index is 0.433. The molecule has 0 aromatic carbocycles. The standard InChI is InChI=1S/C9H14N4/c1-7-3-4-8(12-5-7)6-13-9(10)11-2/h3-5H,6H2,1-2H3,(H3,10,11,13). The Hall–Kier alpha value is -1.58. The fraction of sp³-hybridized carbons (Fsp3) is 0.333. The van der Waals surface area contributed by atoms with Gasteiger partial charge in [-0.1, -0.05) is 6.07 Å². The number of aliphatic imine (C=N–C) groups is 1. The van der Waals surface area contributed by atoms with Crippen LogP contribution in [0.5, 0.6) is 0 Å². The van der Waals surface area contributed by atoms with Gasteiger partial charge in [-0.15, -0.1) is 0 Å². The Kier molecular flexibility index (Phi) is 3.25. The van der Waals surface area contributed by atoms with Crippen LogP contribution >= 0.6 is 0 Å². The van der Waals surface area contributed by atoms with E-state index in [0.717, 1.165) is 11.3 Å². The van der Waals surface area contributed by atoms with Gasteiger partial charge < -0.3 is 11.1 Å². The third kappa shape index (κ3) is 3.11. The quantitative estimate of drug-likeness (QED) is 0.509. The second kappa shape index (κ2) is 4.45. The Morgan fingerprint density at radius 1 is 1.62 bits per heavy atom. The number of aromatic nitrogens is 1. The Labute approximate surface area is 77.9 Å². The van der Waals surface area contributed by atoms with Gasteiger partial charge in [-0.05, 0) is 18.6 Å². The topological polar surface area (TPSA) is 63.3 Å². The number of nitrogens with two attached hydrogens (primary N) is 1. The van der Waals surface area contributed by atoms with Gasteiger partial charge in [0.05, 0.1) is 12.2 Å². The summed E-state index contributed by atoms with van der Waals surface area (Å²) < 4.78 is 0. The number of hydrogen-bond acceptors (Lipinski definition) is 2. The third-order valence-electron chi connectivity index (χ3n) is 1.66. The molecule has 0 spiro atoms. The Morgan fingerprint density at radius 3 is 2.92 bits per heavy atom. The summed E-state index contributed by atoms with van der Waals surface area (Å²) in [4.78, 5) is 7.99. The van der Waals surface area contributed by atoms with E-state index in [1.165, 1.54) is 0 Å². The van der Waals surface area contributed by atoms with Gasteiger partial charge in [0.15, 0.2) is 5.96 Å². The monoisotopic (exact) mass is 178 g/mol. The first-order valence-corrected chi connectivity index (χ1v) is 4.10. The molecule has 0 unspecified atom stereocenters.